The van der Waals surface area contributed by atoms with Crippen LogP contribution in [0.5, 0.6) is 0 Å². The number of sulfone groups is 1. The molecule has 1 aliphatic carbocycles. The summed E-state index contributed by atoms with van der Waals surface area (Å²) in [7, 11) is -3.19. The molecule has 4 aromatic rings. The van der Waals surface area contributed by atoms with E-state index in [1.54, 1.807) is 18.6 Å². The number of aromatic nitrogens is 4. The predicted molar refractivity (Wildman–Crippen MR) is 135 cm³/mol. The first-order valence-corrected chi connectivity index (χ1v) is 12.7. The molecule has 1 saturated heterocycles. The molecule has 0 amide bonds. The van der Waals surface area contributed by atoms with Gasteiger partial charge in [0.05, 0.1) is 21.9 Å². The van der Waals surface area contributed by atoms with Crippen molar-refractivity contribution in [2.24, 2.45) is 0 Å². The molecule has 0 radical (unpaired) electrons. The highest BCUT2D eigenvalue weighted by atomic mass is 32.2. The lowest BCUT2D eigenvalue weighted by molar-refractivity contribution is 0.594. The molecule has 176 valence electrons. The van der Waals surface area contributed by atoms with E-state index in [2.05, 4.69) is 36.0 Å². The molecule has 1 saturated carbocycles. The molecule has 1 N–H and O–H groups in total. The first-order valence-electron chi connectivity index (χ1n) is 11.2. The van der Waals surface area contributed by atoms with Gasteiger partial charge in [-0.3, -0.25) is 5.10 Å². The number of fused-ring (bicyclic) bond motifs is 1. The Bertz CT molecular complexity index is 1410. The molecule has 2 aromatic carbocycles. The van der Waals surface area contributed by atoms with E-state index in [-0.39, 0.29) is 12.7 Å². The highest BCUT2D eigenvalue weighted by Gasteiger charge is 2.37. The maximum Gasteiger partial charge on any atom is 0.181 e. The van der Waals surface area contributed by atoms with Crippen LogP contribution in [0.3, 0.4) is 0 Å². The second kappa shape index (κ2) is 8.72. The van der Waals surface area contributed by atoms with Crippen molar-refractivity contribution < 1.29 is 8.42 Å². The number of benzene rings is 2. The SMILES string of the molecule is C.O=S(=O)(c1cccc(N2CCN(c3ncnc4ccc(-c5cn[nH]c5)cc34)CC2)c1)C1CC1. The fraction of sp³-hybridized carbons (Fsp3) is 0.320. The molecule has 2 aromatic heterocycles. The Balaban J connectivity index is 0.00000241. The summed E-state index contributed by atoms with van der Waals surface area (Å²) in [6.45, 7) is 3.17. The van der Waals surface area contributed by atoms with Crippen LogP contribution in [0.15, 0.2) is 66.1 Å². The maximum atomic E-state index is 12.7. The van der Waals surface area contributed by atoms with Gasteiger partial charge in [-0.2, -0.15) is 5.10 Å². The normalized spacial score (nSPS) is 16.5. The molecule has 1 aliphatic heterocycles. The lowest BCUT2D eigenvalue weighted by Gasteiger charge is -2.37. The third kappa shape index (κ3) is 4.00. The topological polar surface area (TPSA) is 95.1 Å². The summed E-state index contributed by atoms with van der Waals surface area (Å²) in [6.07, 6.45) is 6.86. The van der Waals surface area contributed by atoms with Gasteiger partial charge in [0.2, 0.25) is 0 Å². The van der Waals surface area contributed by atoms with Gasteiger partial charge in [0.15, 0.2) is 9.84 Å². The largest absolute Gasteiger partial charge is 0.368 e. The molecule has 2 aliphatic rings. The van der Waals surface area contributed by atoms with Gasteiger partial charge in [-0.1, -0.05) is 19.6 Å². The molecule has 0 spiro atoms. The molecular formula is C25H28N6O2S. The second-order valence-electron chi connectivity index (χ2n) is 8.63. The van der Waals surface area contributed by atoms with Crippen molar-refractivity contribution in [3.05, 3.63) is 61.2 Å². The van der Waals surface area contributed by atoms with Gasteiger partial charge in [0.25, 0.3) is 0 Å². The molecule has 6 rings (SSSR count). The van der Waals surface area contributed by atoms with Crippen molar-refractivity contribution in [2.45, 2.75) is 30.4 Å². The van der Waals surface area contributed by atoms with Crippen molar-refractivity contribution in [2.75, 3.05) is 36.0 Å². The van der Waals surface area contributed by atoms with Crippen LogP contribution in [0.4, 0.5) is 11.5 Å². The van der Waals surface area contributed by atoms with E-state index in [9.17, 15) is 8.42 Å². The van der Waals surface area contributed by atoms with Crippen molar-refractivity contribution in [1.29, 1.82) is 0 Å². The van der Waals surface area contributed by atoms with Gasteiger partial charge >= 0.3 is 0 Å². The Morgan fingerprint density at radius 1 is 0.912 bits per heavy atom. The van der Waals surface area contributed by atoms with E-state index in [0.29, 0.717) is 4.90 Å². The average Bonchev–Trinajstić information content (AvgIpc) is 3.59. The van der Waals surface area contributed by atoms with E-state index in [1.807, 2.05) is 36.5 Å². The minimum atomic E-state index is -3.19. The number of H-pyrrole nitrogens is 1. The lowest BCUT2D eigenvalue weighted by Crippen LogP contribution is -2.47. The molecular weight excluding hydrogens is 448 g/mol. The third-order valence-corrected chi connectivity index (χ3v) is 8.76. The number of piperazine rings is 1. The summed E-state index contributed by atoms with van der Waals surface area (Å²) in [5, 5.41) is 7.74. The van der Waals surface area contributed by atoms with E-state index in [0.717, 1.165) is 72.6 Å². The van der Waals surface area contributed by atoms with E-state index in [1.165, 1.54) is 0 Å². The van der Waals surface area contributed by atoms with Gasteiger partial charge in [-0.15, -0.1) is 0 Å². The summed E-state index contributed by atoms with van der Waals surface area (Å²) in [5.74, 6) is 0.926. The van der Waals surface area contributed by atoms with Gasteiger partial charge in [0, 0.05) is 49.0 Å². The molecule has 3 heterocycles. The van der Waals surface area contributed by atoms with Gasteiger partial charge < -0.3 is 9.80 Å². The highest BCUT2D eigenvalue weighted by Crippen LogP contribution is 2.35. The number of hydrogen-bond acceptors (Lipinski definition) is 7. The number of hydrogen-bond donors (Lipinski definition) is 1. The fourth-order valence-corrected chi connectivity index (χ4v) is 6.18. The first-order chi connectivity index (χ1) is 16.1. The molecule has 0 unspecified atom stereocenters. The number of nitrogens with zero attached hydrogens (tertiary/aromatic N) is 5. The minimum Gasteiger partial charge on any atom is -0.368 e. The Labute approximate surface area is 199 Å². The van der Waals surface area contributed by atoms with Crippen LogP contribution in [0, 0.1) is 0 Å². The molecule has 0 atom stereocenters. The van der Waals surface area contributed by atoms with E-state index >= 15 is 0 Å². The van der Waals surface area contributed by atoms with Crippen LogP contribution in [0.1, 0.15) is 20.3 Å². The van der Waals surface area contributed by atoms with Gasteiger partial charge in [0.1, 0.15) is 12.1 Å². The summed E-state index contributed by atoms with van der Waals surface area (Å²) in [6, 6.07) is 13.6. The van der Waals surface area contributed by atoms with Crippen LogP contribution < -0.4 is 9.80 Å². The molecule has 0 bridgehead atoms. The third-order valence-electron chi connectivity index (χ3n) is 6.50. The maximum absolute atomic E-state index is 12.7. The zero-order chi connectivity index (χ0) is 22.4. The van der Waals surface area contributed by atoms with Crippen molar-refractivity contribution >= 4 is 32.2 Å². The van der Waals surface area contributed by atoms with Crippen LogP contribution >= 0.6 is 0 Å². The predicted octanol–water partition coefficient (Wildman–Crippen LogP) is 3.92. The molecule has 9 heteroatoms. The second-order valence-corrected chi connectivity index (χ2v) is 10.9. The van der Waals surface area contributed by atoms with Crippen LogP contribution in [-0.4, -0.2) is 60.0 Å². The van der Waals surface area contributed by atoms with Crippen LogP contribution in [0.25, 0.3) is 22.0 Å². The zero-order valence-electron chi connectivity index (χ0n) is 18.1. The highest BCUT2D eigenvalue weighted by molar-refractivity contribution is 7.92. The monoisotopic (exact) mass is 476 g/mol. The number of aromatic amines is 1. The fourth-order valence-electron chi connectivity index (χ4n) is 4.49. The molecule has 8 nitrogen and oxygen atoms in total. The van der Waals surface area contributed by atoms with Gasteiger partial charge in [-0.05, 0) is 48.7 Å². The quantitative estimate of drug-likeness (QED) is 0.466. The average molecular weight is 477 g/mol. The molecule has 34 heavy (non-hydrogen) atoms. The van der Waals surface area contributed by atoms with Crippen molar-refractivity contribution in [1.82, 2.24) is 20.2 Å². The zero-order valence-corrected chi connectivity index (χ0v) is 18.9. The Hall–Kier alpha value is -3.46. The standard InChI is InChI=1S/C24H24N6O2S.CH4/c31-33(32,20-5-6-20)21-3-1-2-19(13-21)29-8-10-30(11-9-29)24-22-12-17(18-14-27-28-15-18)4-7-23(22)25-16-26-24;/h1-4,7,12-16,20H,5-6,8-11H2,(H,27,28);1H4. The minimum absolute atomic E-state index is 0. The summed E-state index contributed by atoms with van der Waals surface area (Å²) in [4.78, 5) is 14.0. The summed E-state index contributed by atoms with van der Waals surface area (Å²) < 4.78 is 25.3. The number of nitrogens with one attached hydrogen (secondary N) is 1. The van der Waals surface area contributed by atoms with E-state index in [4.69, 9.17) is 0 Å². The smallest absolute Gasteiger partial charge is 0.181 e. The Morgan fingerprint density at radius 2 is 1.71 bits per heavy atom. The Morgan fingerprint density at radius 3 is 2.44 bits per heavy atom. The Kier molecular flexibility index (Phi) is 5.73. The van der Waals surface area contributed by atoms with E-state index < -0.39 is 9.84 Å². The number of rotatable bonds is 5. The van der Waals surface area contributed by atoms with Crippen molar-refractivity contribution in [3.63, 3.8) is 0 Å². The van der Waals surface area contributed by atoms with Gasteiger partial charge in [-0.25, -0.2) is 18.4 Å². The summed E-state index contributed by atoms with van der Waals surface area (Å²) >= 11 is 0. The lowest BCUT2D eigenvalue weighted by atomic mass is 10.1. The van der Waals surface area contributed by atoms with Crippen molar-refractivity contribution in [3.8, 4) is 11.1 Å². The summed E-state index contributed by atoms with van der Waals surface area (Å²) in [5.41, 5.74) is 3.97. The van der Waals surface area contributed by atoms with Crippen LogP contribution in [0.2, 0.25) is 0 Å². The van der Waals surface area contributed by atoms with Crippen LogP contribution in [-0.2, 0) is 9.84 Å². The molecule has 2 fully saturated rings. The number of anilines is 2. The first kappa shape index (κ1) is 22.3.